The highest BCUT2D eigenvalue weighted by Crippen LogP contribution is 2.04. The summed E-state index contributed by atoms with van der Waals surface area (Å²) in [5.41, 5.74) is 0.883. The first-order chi connectivity index (χ1) is 6.24. The molecule has 66 valence electrons. The molecule has 13 heavy (non-hydrogen) atoms. The predicted octanol–water partition coefficient (Wildman–Crippen LogP) is 1.93. The SMILES string of the molecule is N#CC(Cl)C(=O)Cc1ccccc1. The van der Waals surface area contributed by atoms with Gasteiger partial charge in [0.1, 0.15) is 0 Å². The van der Waals surface area contributed by atoms with Gasteiger partial charge in [-0.05, 0) is 5.56 Å². The van der Waals surface area contributed by atoms with Crippen molar-refractivity contribution in [2.75, 3.05) is 0 Å². The van der Waals surface area contributed by atoms with Crippen molar-refractivity contribution in [1.29, 1.82) is 5.26 Å². The summed E-state index contributed by atoms with van der Waals surface area (Å²) in [6, 6.07) is 10.9. The third-order valence-corrected chi connectivity index (χ3v) is 1.96. The molecule has 0 aliphatic heterocycles. The van der Waals surface area contributed by atoms with Gasteiger partial charge in [0.25, 0.3) is 0 Å². The maximum Gasteiger partial charge on any atom is 0.178 e. The van der Waals surface area contributed by atoms with E-state index in [1.165, 1.54) is 0 Å². The van der Waals surface area contributed by atoms with Crippen LogP contribution in [0.3, 0.4) is 0 Å². The van der Waals surface area contributed by atoms with E-state index in [4.69, 9.17) is 16.9 Å². The second kappa shape index (κ2) is 4.64. The van der Waals surface area contributed by atoms with Crippen molar-refractivity contribution in [3.63, 3.8) is 0 Å². The number of Topliss-reactive ketones (excluding diaryl/α,β-unsaturated/α-hetero) is 1. The van der Waals surface area contributed by atoms with Crippen molar-refractivity contribution >= 4 is 17.4 Å². The second-order valence-corrected chi connectivity index (χ2v) is 3.06. The van der Waals surface area contributed by atoms with Crippen LogP contribution in [0.2, 0.25) is 0 Å². The molecule has 3 heteroatoms. The number of alkyl halides is 1. The van der Waals surface area contributed by atoms with Gasteiger partial charge in [-0.25, -0.2) is 0 Å². The Kier molecular flexibility index (Phi) is 3.48. The van der Waals surface area contributed by atoms with Gasteiger partial charge in [-0.15, -0.1) is 0 Å². The fraction of sp³-hybridized carbons (Fsp3) is 0.200. The van der Waals surface area contributed by atoms with Crippen LogP contribution < -0.4 is 0 Å². The van der Waals surface area contributed by atoms with Gasteiger partial charge in [0, 0.05) is 6.42 Å². The maximum atomic E-state index is 11.2. The molecule has 0 bridgehead atoms. The number of carbonyl (C=O) groups is 1. The summed E-state index contributed by atoms with van der Waals surface area (Å²) in [7, 11) is 0. The van der Waals surface area contributed by atoms with Crippen molar-refractivity contribution in [3.8, 4) is 6.07 Å². The summed E-state index contributed by atoms with van der Waals surface area (Å²) in [5.74, 6) is -0.254. The Morgan fingerprint density at radius 1 is 1.46 bits per heavy atom. The molecular weight excluding hydrogens is 186 g/mol. The molecular formula is C10H8ClNO. The van der Waals surface area contributed by atoms with Gasteiger partial charge < -0.3 is 0 Å². The topological polar surface area (TPSA) is 40.9 Å². The second-order valence-electron chi connectivity index (χ2n) is 2.62. The molecule has 0 aliphatic carbocycles. The minimum Gasteiger partial charge on any atom is -0.296 e. The lowest BCUT2D eigenvalue weighted by Crippen LogP contribution is -2.14. The summed E-state index contributed by atoms with van der Waals surface area (Å²) < 4.78 is 0. The maximum absolute atomic E-state index is 11.2. The summed E-state index contributed by atoms with van der Waals surface area (Å²) >= 11 is 5.45. The van der Waals surface area contributed by atoms with Crippen molar-refractivity contribution in [1.82, 2.24) is 0 Å². The number of nitriles is 1. The van der Waals surface area contributed by atoms with E-state index >= 15 is 0 Å². The highest BCUT2D eigenvalue weighted by molar-refractivity contribution is 6.33. The average molecular weight is 194 g/mol. The third kappa shape index (κ3) is 2.89. The molecule has 0 amide bonds. The number of halogens is 1. The standard InChI is InChI=1S/C10H8ClNO/c11-9(7-12)10(13)6-8-4-2-1-3-5-8/h1-5,9H,6H2. The van der Waals surface area contributed by atoms with Crippen molar-refractivity contribution in [3.05, 3.63) is 35.9 Å². The van der Waals surface area contributed by atoms with Crippen LogP contribution >= 0.6 is 11.6 Å². The van der Waals surface area contributed by atoms with Crippen LogP contribution in [0.4, 0.5) is 0 Å². The highest BCUT2D eigenvalue weighted by atomic mass is 35.5. The van der Waals surface area contributed by atoms with Crippen molar-refractivity contribution in [2.45, 2.75) is 11.8 Å². The Labute approximate surface area is 81.7 Å². The van der Waals surface area contributed by atoms with Crippen LogP contribution in [-0.2, 0) is 11.2 Å². The first-order valence-corrected chi connectivity index (χ1v) is 4.28. The van der Waals surface area contributed by atoms with E-state index in [0.717, 1.165) is 5.56 Å². The Morgan fingerprint density at radius 3 is 2.62 bits per heavy atom. The molecule has 1 aromatic carbocycles. The molecule has 1 unspecified atom stereocenters. The molecule has 0 fully saturated rings. The zero-order valence-corrected chi connectivity index (χ0v) is 7.66. The normalized spacial score (nSPS) is 11.7. The number of carbonyl (C=O) groups excluding carboxylic acids is 1. The molecule has 0 aromatic heterocycles. The van der Waals surface area contributed by atoms with E-state index in [2.05, 4.69) is 0 Å². The van der Waals surface area contributed by atoms with Gasteiger partial charge in [0.05, 0.1) is 6.07 Å². The smallest absolute Gasteiger partial charge is 0.178 e. The van der Waals surface area contributed by atoms with E-state index in [1.807, 2.05) is 30.3 Å². The van der Waals surface area contributed by atoms with Gasteiger partial charge >= 0.3 is 0 Å². The Hall–Kier alpha value is -1.33. The minimum absolute atomic E-state index is 0.225. The summed E-state index contributed by atoms with van der Waals surface area (Å²) in [6.07, 6.45) is 0.225. The van der Waals surface area contributed by atoms with Gasteiger partial charge in [-0.1, -0.05) is 41.9 Å². The van der Waals surface area contributed by atoms with Gasteiger partial charge in [0.15, 0.2) is 11.2 Å². The van der Waals surface area contributed by atoms with Crippen molar-refractivity contribution in [2.24, 2.45) is 0 Å². The largest absolute Gasteiger partial charge is 0.296 e. The Morgan fingerprint density at radius 2 is 2.08 bits per heavy atom. The minimum atomic E-state index is -1.03. The van der Waals surface area contributed by atoms with Crippen molar-refractivity contribution < 1.29 is 4.79 Å². The summed E-state index contributed by atoms with van der Waals surface area (Å²) in [5, 5.41) is 7.35. The zero-order chi connectivity index (χ0) is 9.68. The molecule has 0 spiro atoms. The number of hydrogen-bond acceptors (Lipinski definition) is 2. The predicted molar refractivity (Wildman–Crippen MR) is 50.4 cm³/mol. The lowest BCUT2D eigenvalue weighted by molar-refractivity contribution is -0.117. The van der Waals surface area contributed by atoms with Crippen LogP contribution in [-0.4, -0.2) is 11.2 Å². The lowest BCUT2D eigenvalue weighted by atomic mass is 10.1. The quantitative estimate of drug-likeness (QED) is 0.689. The first-order valence-electron chi connectivity index (χ1n) is 3.84. The van der Waals surface area contributed by atoms with E-state index in [1.54, 1.807) is 6.07 Å². The Bertz CT molecular complexity index is 329. The number of ketones is 1. The summed E-state index contributed by atoms with van der Waals surface area (Å²) in [6.45, 7) is 0. The van der Waals surface area contributed by atoms with Crippen LogP contribution in [0.15, 0.2) is 30.3 Å². The van der Waals surface area contributed by atoms with Gasteiger partial charge in [-0.2, -0.15) is 5.26 Å². The van der Waals surface area contributed by atoms with Crippen LogP contribution in [0.5, 0.6) is 0 Å². The molecule has 0 saturated carbocycles. The van der Waals surface area contributed by atoms with Gasteiger partial charge in [-0.3, -0.25) is 4.79 Å². The average Bonchev–Trinajstić information content (AvgIpc) is 2.18. The Balaban J connectivity index is 2.62. The highest BCUT2D eigenvalue weighted by Gasteiger charge is 2.13. The fourth-order valence-electron chi connectivity index (χ4n) is 0.959. The van der Waals surface area contributed by atoms with E-state index < -0.39 is 5.38 Å². The van der Waals surface area contributed by atoms with Crippen LogP contribution in [0.25, 0.3) is 0 Å². The van der Waals surface area contributed by atoms with E-state index in [-0.39, 0.29) is 12.2 Å². The van der Waals surface area contributed by atoms with Crippen LogP contribution in [0, 0.1) is 11.3 Å². The van der Waals surface area contributed by atoms with E-state index in [0.29, 0.717) is 0 Å². The number of nitrogens with zero attached hydrogens (tertiary/aromatic N) is 1. The zero-order valence-electron chi connectivity index (χ0n) is 6.90. The molecule has 0 saturated heterocycles. The molecule has 1 rings (SSSR count). The lowest BCUT2D eigenvalue weighted by Gasteiger charge is -1.99. The molecule has 0 radical (unpaired) electrons. The molecule has 1 atom stereocenters. The molecule has 1 aromatic rings. The van der Waals surface area contributed by atoms with Gasteiger partial charge in [0.2, 0.25) is 0 Å². The van der Waals surface area contributed by atoms with E-state index in [9.17, 15) is 4.79 Å². The summed E-state index contributed by atoms with van der Waals surface area (Å²) in [4.78, 5) is 11.2. The third-order valence-electron chi connectivity index (χ3n) is 1.62. The first kappa shape index (κ1) is 9.76. The number of hydrogen-bond donors (Lipinski definition) is 0. The van der Waals surface area contributed by atoms with Crippen LogP contribution in [0.1, 0.15) is 5.56 Å². The number of benzene rings is 1. The molecule has 2 nitrogen and oxygen atoms in total. The molecule has 0 heterocycles. The molecule has 0 N–H and O–H groups in total. The fourth-order valence-corrected chi connectivity index (χ4v) is 1.04. The monoisotopic (exact) mass is 193 g/mol. The molecule has 0 aliphatic rings. The number of rotatable bonds is 3.